The highest BCUT2D eigenvalue weighted by molar-refractivity contribution is 7.52. The first-order valence-electron chi connectivity index (χ1n) is 10.7. The van der Waals surface area contributed by atoms with Gasteiger partial charge in [-0.1, -0.05) is 24.3 Å². The van der Waals surface area contributed by atoms with Gasteiger partial charge in [0.15, 0.2) is 0 Å². The maximum absolute atomic E-state index is 14.1. The summed E-state index contributed by atoms with van der Waals surface area (Å²) in [6.07, 6.45) is 0. The van der Waals surface area contributed by atoms with Crippen LogP contribution in [0.2, 0.25) is 0 Å². The van der Waals surface area contributed by atoms with E-state index in [4.69, 9.17) is 9.05 Å². The third kappa shape index (κ3) is 5.53. The molecule has 0 amide bonds. The monoisotopic (exact) mass is 467 g/mol. The molecule has 9 heteroatoms. The number of rotatable bonds is 7. The van der Waals surface area contributed by atoms with Crippen molar-refractivity contribution in [1.82, 2.24) is 4.67 Å². The number of hydrogen-bond donors (Lipinski definition) is 0. The molecule has 1 heterocycles. The fourth-order valence-corrected chi connectivity index (χ4v) is 5.43. The zero-order chi connectivity index (χ0) is 23.4. The average molecular weight is 467 g/mol. The minimum absolute atomic E-state index is 0.0556. The van der Waals surface area contributed by atoms with Gasteiger partial charge in [-0.25, -0.2) is 4.57 Å². The summed E-state index contributed by atoms with van der Waals surface area (Å²) in [6.45, 7) is 5.95. The van der Waals surface area contributed by atoms with Crippen molar-refractivity contribution in [3.63, 3.8) is 0 Å². The van der Waals surface area contributed by atoms with Gasteiger partial charge in [-0.05, 0) is 61.4 Å². The smallest absolute Gasteiger partial charge is 0.404 e. The Bertz CT molecular complexity index is 1130. The number of benzene rings is 3. The van der Waals surface area contributed by atoms with Crippen molar-refractivity contribution in [1.29, 1.82) is 0 Å². The van der Waals surface area contributed by atoms with E-state index in [-0.39, 0.29) is 5.69 Å². The highest BCUT2D eigenvalue weighted by Gasteiger charge is 2.39. The predicted octanol–water partition coefficient (Wildman–Crippen LogP) is 5.60. The first kappa shape index (κ1) is 22.8. The fourth-order valence-electron chi connectivity index (χ4n) is 3.73. The predicted molar refractivity (Wildman–Crippen MR) is 128 cm³/mol. The Labute approximate surface area is 193 Å². The number of nitrogens with zero attached hydrogens (tertiary/aromatic N) is 3. The lowest BCUT2D eigenvalue weighted by atomic mass is 10.2. The topological polar surface area (TPSA) is 85.2 Å². The van der Waals surface area contributed by atoms with Gasteiger partial charge < -0.3 is 13.9 Å². The molecule has 33 heavy (non-hydrogen) atoms. The Morgan fingerprint density at radius 2 is 1.33 bits per heavy atom. The lowest BCUT2D eigenvalue weighted by Crippen LogP contribution is -2.46. The first-order valence-corrected chi connectivity index (χ1v) is 12.2. The molecule has 1 aliphatic rings. The summed E-state index contributed by atoms with van der Waals surface area (Å²) in [5.41, 5.74) is 2.93. The standard InChI is InChI=1S/C24H26N3O5P/c1-19-5-3-7-23(17-19)31-33(30,32-24-8-4-6-20(2)18-24)26-15-13-25(14-16-26)21-9-11-22(12-10-21)27(28)29/h3-12,17-18H,13-16H2,1-2H3. The molecule has 8 nitrogen and oxygen atoms in total. The molecular formula is C24H26N3O5P. The van der Waals surface area contributed by atoms with Crippen LogP contribution in [0.3, 0.4) is 0 Å². The molecule has 1 aliphatic heterocycles. The van der Waals surface area contributed by atoms with Gasteiger partial charge in [0.2, 0.25) is 0 Å². The molecule has 172 valence electrons. The van der Waals surface area contributed by atoms with Crippen molar-refractivity contribution >= 4 is 19.1 Å². The molecule has 0 aromatic heterocycles. The molecule has 4 rings (SSSR count). The average Bonchev–Trinajstić information content (AvgIpc) is 2.79. The summed E-state index contributed by atoms with van der Waals surface area (Å²) in [4.78, 5) is 12.6. The van der Waals surface area contributed by atoms with Gasteiger partial charge in [-0.15, -0.1) is 0 Å². The summed E-state index contributed by atoms with van der Waals surface area (Å²) in [5, 5.41) is 10.9. The van der Waals surface area contributed by atoms with E-state index in [2.05, 4.69) is 4.90 Å². The van der Waals surface area contributed by atoms with Gasteiger partial charge in [0.05, 0.1) is 4.92 Å². The third-order valence-corrected chi connectivity index (χ3v) is 7.42. The summed E-state index contributed by atoms with van der Waals surface area (Å²) in [7, 11) is -3.70. The fraction of sp³-hybridized carbons (Fsp3) is 0.250. The number of hydrogen-bond acceptors (Lipinski definition) is 6. The molecular weight excluding hydrogens is 441 g/mol. The normalized spacial score (nSPS) is 14.7. The van der Waals surface area contributed by atoms with Crippen LogP contribution in [0.1, 0.15) is 11.1 Å². The van der Waals surface area contributed by atoms with Gasteiger partial charge in [-0.3, -0.25) is 10.1 Å². The van der Waals surface area contributed by atoms with Crippen LogP contribution >= 0.6 is 7.75 Å². The van der Waals surface area contributed by atoms with E-state index in [1.165, 1.54) is 12.1 Å². The number of anilines is 1. The lowest BCUT2D eigenvalue weighted by molar-refractivity contribution is -0.384. The van der Waals surface area contributed by atoms with Crippen LogP contribution in [0.25, 0.3) is 0 Å². The highest BCUT2D eigenvalue weighted by atomic mass is 31.2. The van der Waals surface area contributed by atoms with Crippen molar-refractivity contribution < 1.29 is 18.5 Å². The van der Waals surface area contributed by atoms with Crippen LogP contribution in [0.5, 0.6) is 11.5 Å². The molecule has 0 unspecified atom stereocenters. The second-order valence-electron chi connectivity index (χ2n) is 8.00. The number of nitro groups is 1. The van der Waals surface area contributed by atoms with Gasteiger partial charge in [-0.2, -0.15) is 4.67 Å². The number of piperazine rings is 1. The van der Waals surface area contributed by atoms with Crippen molar-refractivity contribution in [3.05, 3.63) is 94.0 Å². The Morgan fingerprint density at radius 3 is 1.79 bits per heavy atom. The zero-order valence-electron chi connectivity index (χ0n) is 18.6. The second kappa shape index (κ2) is 9.65. The summed E-state index contributed by atoms with van der Waals surface area (Å²) in [6, 6.07) is 21.3. The van der Waals surface area contributed by atoms with Crippen molar-refractivity contribution in [2.45, 2.75) is 13.8 Å². The maximum atomic E-state index is 14.1. The molecule has 3 aromatic carbocycles. The van der Waals surface area contributed by atoms with Crippen LogP contribution in [0.4, 0.5) is 11.4 Å². The summed E-state index contributed by atoms with van der Waals surface area (Å²) < 4.78 is 27.9. The van der Waals surface area contributed by atoms with E-state index >= 15 is 0 Å². The maximum Gasteiger partial charge on any atom is 0.515 e. The summed E-state index contributed by atoms with van der Waals surface area (Å²) in [5.74, 6) is 0.979. The van der Waals surface area contributed by atoms with Crippen LogP contribution in [0.15, 0.2) is 72.8 Å². The minimum Gasteiger partial charge on any atom is -0.404 e. The van der Waals surface area contributed by atoms with E-state index in [1.54, 1.807) is 28.9 Å². The number of nitro benzene ring substituents is 1. The van der Waals surface area contributed by atoms with Gasteiger partial charge in [0.1, 0.15) is 11.5 Å². The SMILES string of the molecule is Cc1cccc(OP(=O)(Oc2cccc(C)c2)N2CCN(c3ccc([N+](=O)[O-])cc3)CC2)c1. The zero-order valence-corrected chi connectivity index (χ0v) is 19.5. The molecule has 0 radical (unpaired) electrons. The number of non-ortho nitro benzene ring substituents is 1. The lowest BCUT2D eigenvalue weighted by Gasteiger charge is -2.38. The molecule has 0 spiro atoms. The Morgan fingerprint density at radius 1 is 0.818 bits per heavy atom. The van der Waals surface area contributed by atoms with Crippen molar-refractivity contribution in [2.24, 2.45) is 0 Å². The minimum atomic E-state index is -3.70. The Balaban J connectivity index is 1.53. The van der Waals surface area contributed by atoms with Crippen LogP contribution < -0.4 is 13.9 Å². The summed E-state index contributed by atoms with van der Waals surface area (Å²) >= 11 is 0. The Hall–Kier alpha value is -3.35. The first-order chi connectivity index (χ1) is 15.8. The number of aryl methyl sites for hydroxylation is 2. The van der Waals surface area contributed by atoms with Crippen LogP contribution in [-0.2, 0) is 4.57 Å². The molecule has 3 aromatic rings. The van der Waals surface area contributed by atoms with E-state index in [0.717, 1.165) is 16.8 Å². The third-order valence-electron chi connectivity index (χ3n) is 5.45. The quantitative estimate of drug-likeness (QED) is 0.254. The van der Waals surface area contributed by atoms with Gasteiger partial charge >= 0.3 is 7.75 Å². The van der Waals surface area contributed by atoms with Crippen LogP contribution in [-0.4, -0.2) is 35.8 Å². The van der Waals surface area contributed by atoms with Gasteiger partial charge in [0.25, 0.3) is 5.69 Å². The van der Waals surface area contributed by atoms with E-state index < -0.39 is 12.7 Å². The van der Waals surface area contributed by atoms with E-state index in [0.29, 0.717) is 37.7 Å². The van der Waals surface area contributed by atoms with Crippen molar-refractivity contribution in [3.8, 4) is 11.5 Å². The highest BCUT2D eigenvalue weighted by Crippen LogP contribution is 2.52. The molecule has 0 bridgehead atoms. The second-order valence-corrected chi connectivity index (χ2v) is 9.87. The molecule has 1 saturated heterocycles. The van der Waals surface area contributed by atoms with Crippen LogP contribution in [0, 0.1) is 24.0 Å². The van der Waals surface area contributed by atoms with Gasteiger partial charge in [0, 0.05) is 44.0 Å². The van der Waals surface area contributed by atoms with E-state index in [9.17, 15) is 14.7 Å². The molecule has 0 saturated carbocycles. The molecule has 0 N–H and O–H groups in total. The van der Waals surface area contributed by atoms with E-state index in [1.807, 2.05) is 50.2 Å². The molecule has 0 atom stereocenters. The van der Waals surface area contributed by atoms with Crippen molar-refractivity contribution in [2.75, 3.05) is 31.1 Å². The Kier molecular flexibility index (Phi) is 6.67. The molecule has 1 fully saturated rings. The molecule has 0 aliphatic carbocycles. The largest absolute Gasteiger partial charge is 0.515 e.